The quantitative estimate of drug-likeness (QED) is 0.516. The number of ether oxygens (including phenoxy) is 1. The molecule has 0 atom stereocenters. The van der Waals surface area contributed by atoms with E-state index >= 15 is 0 Å². The molecule has 1 N–H and O–H groups in total. The van der Waals surface area contributed by atoms with Gasteiger partial charge in [0, 0.05) is 19.4 Å². The Morgan fingerprint density at radius 2 is 2.27 bits per heavy atom. The molecule has 0 spiro atoms. The molecule has 0 aromatic rings. The standard InChI is InChI=1S/C10H15F2NO2/c1-2-3-4-6-13-10(14)5-7-15-8-9(11)12/h9H,4-8H2,1H3,(H,13,14). The summed E-state index contributed by atoms with van der Waals surface area (Å²) in [7, 11) is 0. The molecule has 0 aliphatic carbocycles. The van der Waals surface area contributed by atoms with E-state index in [0.29, 0.717) is 13.0 Å². The van der Waals surface area contributed by atoms with Crippen molar-refractivity contribution in [1.82, 2.24) is 5.32 Å². The van der Waals surface area contributed by atoms with E-state index in [1.807, 2.05) is 0 Å². The Balaban J connectivity index is 3.28. The molecule has 0 unspecified atom stereocenters. The third kappa shape index (κ3) is 10.8. The van der Waals surface area contributed by atoms with Gasteiger partial charge in [-0.25, -0.2) is 8.78 Å². The zero-order chi connectivity index (χ0) is 11.5. The summed E-state index contributed by atoms with van der Waals surface area (Å²) >= 11 is 0. The first kappa shape index (κ1) is 13.8. The van der Waals surface area contributed by atoms with E-state index in [9.17, 15) is 13.6 Å². The highest BCUT2D eigenvalue weighted by atomic mass is 19.3. The lowest BCUT2D eigenvalue weighted by Gasteiger charge is -2.04. The SMILES string of the molecule is CC#CCCNC(=O)CCOCC(F)F. The summed E-state index contributed by atoms with van der Waals surface area (Å²) in [6.07, 6.45) is -1.78. The van der Waals surface area contributed by atoms with Crippen LogP contribution in [-0.4, -0.2) is 32.1 Å². The minimum absolute atomic E-state index is 0.0234. The van der Waals surface area contributed by atoms with Gasteiger partial charge in [-0.15, -0.1) is 11.8 Å². The van der Waals surface area contributed by atoms with Crippen molar-refractivity contribution in [3.63, 3.8) is 0 Å². The van der Waals surface area contributed by atoms with Crippen LogP contribution in [0.3, 0.4) is 0 Å². The number of alkyl halides is 2. The van der Waals surface area contributed by atoms with Gasteiger partial charge in [-0.3, -0.25) is 4.79 Å². The van der Waals surface area contributed by atoms with Crippen LogP contribution in [0, 0.1) is 11.8 Å². The van der Waals surface area contributed by atoms with Crippen molar-refractivity contribution in [3.8, 4) is 11.8 Å². The molecule has 5 heteroatoms. The Hall–Kier alpha value is -1.15. The fourth-order valence-electron chi connectivity index (χ4n) is 0.815. The molecule has 15 heavy (non-hydrogen) atoms. The summed E-state index contributed by atoms with van der Waals surface area (Å²) in [4.78, 5) is 11.0. The molecule has 0 bridgehead atoms. The Bertz CT molecular complexity index is 233. The number of carbonyl (C=O) groups excluding carboxylic acids is 1. The number of hydrogen-bond donors (Lipinski definition) is 1. The first-order chi connectivity index (χ1) is 7.16. The van der Waals surface area contributed by atoms with Crippen molar-refractivity contribution in [2.45, 2.75) is 26.2 Å². The Labute approximate surface area is 88.2 Å². The van der Waals surface area contributed by atoms with Gasteiger partial charge in [0.05, 0.1) is 6.61 Å². The lowest BCUT2D eigenvalue weighted by atomic mass is 10.4. The summed E-state index contributed by atoms with van der Waals surface area (Å²) in [5.41, 5.74) is 0. The van der Waals surface area contributed by atoms with Gasteiger partial charge in [0.15, 0.2) is 0 Å². The van der Waals surface area contributed by atoms with Crippen LogP contribution < -0.4 is 5.32 Å². The third-order valence-corrected chi connectivity index (χ3v) is 1.47. The third-order valence-electron chi connectivity index (χ3n) is 1.47. The van der Waals surface area contributed by atoms with E-state index in [1.165, 1.54) is 0 Å². The lowest BCUT2D eigenvalue weighted by molar-refractivity contribution is -0.122. The Morgan fingerprint density at radius 3 is 2.87 bits per heavy atom. The van der Waals surface area contributed by atoms with Crippen LogP contribution in [0.2, 0.25) is 0 Å². The molecule has 3 nitrogen and oxygen atoms in total. The predicted molar refractivity (Wildman–Crippen MR) is 52.5 cm³/mol. The fraction of sp³-hybridized carbons (Fsp3) is 0.700. The van der Waals surface area contributed by atoms with E-state index in [4.69, 9.17) is 0 Å². The van der Waals surface area contributed by atoms with Crippen LogP contribution >= 0.6 is 0 Å². The molecule has 0 radical (unpaired) electrons. The second-order valence-corrected chi connectivity index (χ2v) is 2.74. The summed E-state index contributed by atoms with van der Waals surface area (Å²) in [5.74, 6) is 5.28. The topological polar surface area (TPSA) is 38.3 Å². The number of carbonyl (C=O) groups is 1. The van der Waals surface area contributed by atoms with Crippen molar-refractivity contribution < 1.29 is 18.3 Å². The molecule has 0 aromatic carbocycles. The fourth-order valence-corrected chi connectivity index (χ4v) is 0.815. The Morgan fingerprint density at radius 1 is 1.53 bits per heavy atom. The number of nitrogens with one attached hydrogen (secondary N) is 1. The molecule has 0 saturated carbocycles. The van der Waals surface area contributed by atoms with Gasteiger partial charge in [-0.2, -0.15) is 0 Å². The summed E-state index contributed by atoms with van der Waals surface area (Å²) in [6, 6.07) is 0. The number of rotatable bonds is 7. The second-order valence-electron chi connectivity index (χ2n) is 2.74. The number of halogens is 2. The molecule has 0 fully saturated rings. The highest BCUT2D eigenvalue weighted by molar-refractivity contribution is 5.75. The van der Waals surface area contributed by atoms with Crippen molar-refractivity contribution in [3.05, 3.63) is 0 Å². The molecule has 0 aliphatic rings. The first-order valence-corrected chi connectivity index (χ1v) is 4.69. The maximum atomic E-state index is 11.6. The minimum atomic E-state index is -2.48. The number of hydrogen-bond acceptors (Lipinski definition) is 2. The Kier molecular flexibility index (Phi) is 8.69. The summed E-state index contributed by atoms with van der Waals surface area (Å²) in [5, 5.41) is 2.60. The van der Waals surface area contributed by atoms with Crippen LogP contribution in [0.15, 0.2) is 0 Å². The molecule has 0 rings (SSSR count). The zero-order valence-corrected chi connectivity index (χ0v) is 8.69. The van der Waals surface area contributed by atoms with Crippen LogP contribution in [0.1, 0.15) is 19.8 Å². The van der Waals surface area contributed by atoms with E-state index in [1.54, 1.807) is 6.92 Å². The van der Waals surface area contributed by atoms with E-state index in [-0.39, 0.29) is 18.9 Å². The van der Waals surface area contributed by atoms with Gasteiger partial charge in [-0.05, 0) is 6.92 Å². The van der Waals surface area contributed by atoms with Gasteiger partial charge in [0.2, 0.25) is 5.91 Å². The van der Waals surface area contributed by atoms with E-state index < -0.39 is 13.0 Å². The van der Waals surface area contributed by atoms with Crippen molar-refractivity contribution in [1.29, 1.82) is 0 Å². The van der Waals surface area contributed by atoms with Gasteiger partial charge < -0.3 is 10.1 Å². The monoisotopic (exact) mass is 219 g/mol. The zero-order valence-electron chi connectivity index (χ0n) is 8.69. The molecule has 1 amide bonds. The highest BCUT2D eigenvalue weighted by Crippen LogP contribution is 1.93. The minimum Gasteiger partial charge on any atom is -0.375 e. The van der Waals surface area contributed by atoms with E-state index in [0.717, 1.165) is 0 Å². The summed E-state index contributed by atoms with van der Waals surface area (Å²) in [6.45, 7) is 1.61. The lowest BCUT2D eigenvalue weighted by Crippen LogP contribution is -2.25. The summed E-state index contributed by atoms with van der Waals surface area (Å²) < 4.78 is 27.8. The van der Waals surface area contributed by atoms with Crippen LogP contribution in [0.4, 0.5) is 8.78 Å². The average Bonchev–Trinajstić information content (AvgIpc) is 2.19. The molecule has 0 aliphatic heterocycles. The highest BCUT2D eigenvalue weighted by Gasteiger charge is 2.03. The number of amides is 1. The largest absolute Gasteiger partial charge is 0.375 e. The molecular formula is C10H15F2NO2. The van der Waals surface area contributed by atoms with E-state index in [2.05, 4.69) is 21.9 Å². The average molecular weight is 219 g/mol. The van der Waals surface area contributed by atoms with Gasteiger partial charge in [0.25, 0.3) is 6.43 Å². The van der Waals surface area contributed by atoms with Gasteiger partial charge >= 0.3 is 0 Å². The van der Waals surface area contributed by atoms with Crippen LogP contribution in [0.5, 0.6) is 0 Å². The molecule has 0 aromatic heterocycles. The maximum absolute atomic E-state index is 11.6. The van der Waals surface area contributed by atoms with Gasteiger partial charge in [-0.1, -0.05) is 0 Å². The maximum Gasteiger partial charge on any atom is 0.261 e. The van der Waals surface area contributed by atoms with Gasteiger partial charge in [0.1, 0.15) is 6.61 Å². The molecule has 0 heterocycles. The smallest absolute Gasteiger partial charge is 0.261 e. The molecular weight excluding hydrogens is 204 g/mol. The van der Waals surface area contributed by atoms with Crippen molar-refractivity contribution in [2.75, 3.05) is 19.8 Å². The van der Waals surface area contributed by atoms with Crippen LogP contribution in [-0.2, 0) is 9.53 Å². The molecule has 0 saturated heterocycles. The molecule has 86 valence electrons. The van der Waals surface area contributed by atoms with Crippen LogP contribution in [0.25, 0.3) is 0 Å². The van der Waals surface area contributed by atoms with Crippen molar-refractivity contribution in [2.24, 2.45) is 0 Å². The first-order valence-electron chi connectivity index (χ1n) is 4.69. The predicted octanol–water partition coefficient (Wildman–Crippen LogP) is 1.19. The van der Waals surface area contributed by atoms with Crippen molar-refractivity contribution >= 4 is 5.91 Å². The second kappa shape index (κ2) is 9.41. The normalized spacial score (nSPS) is 9.60.